The van der Waals surface area contributed by atoms with E-state index in [1.54, 1.807) is 0 Å². The third-order valence-electron chi connectivity index (χ3n) is 1.68. The minimum atomic E-state index is 0.638. The summed E-state index contributed by atoms with van der Waals surface area (Å²) < 4.78 is 6.47. The lowest BCUT2D eigenvalue weighted by molar-refractivity contribution is 0.309. The number of rotatable bonds is 5. The molecule has 0 radical (unpaired) electrons. The molecule has 0 atom stereocenters. The van der Waals surface area contributed by atoms with Gasteiger partial charge in [0.05, 0.1) is 11.6 Å². The molecule has 1 rings (SSSR count). The summed E-state index contributed by atoms with van der Waals surface area (Å²) in [7, 11) is 0. The van der Waals surface area contributed by atoms with E-state index in [0.717, 1.165) is 23.1 Å². The van der Waals surface area contributed by atoms with E-state index in [9.17, 15) is 0 Å². The highest BCUT2D eigenvalue weighted by Crippen LogP contribution is 2.27. The van der Waals surface area contributed by atoms with Gasteiger partial charge in [-0.05, 0) is 31.0 Å². The molecule has 0 fully saturated rings. The molecule has 0 heterocycles. The van der Waals surface area contributed by atoms with E-state index in [0.29, 0.717) is 17.5 Å². The van der Waals surface area contributed by atoms with Gasteiger partial charge in [0.25, 0.3) is 0 Å². The predicted octanol–water partition coefficient (Wildman–Crippen LogP) is 4.50. The molecular weight excluding hydrogens is 287 g/mol. The standard InChI is InChI=1S/C10H11BrCl2O/c11-8-3-4-9(13)10(7-8)14-6-2-1-5-12/h3-4,7H,1-2,5-6H2. The summed E-state index contributed by atoms with van der Waals surface area (Å²) >= 11 is 14.8. The fraction of sp³-hybridized carbons (Fsp3) is 0.400. The average molecular weight is 298 g/mol. The summed E-state index contributed by atoms with van der Waals surface area (Å²) in [6.07, 6.45) is 1.92. The third kappa shape index (κ3) is 4.07. The minimum absolute atomic E-state index is 0.638. The van der Waals surface area contributed by atoms with Gasteiger partial charge >= 0.3 is 0 Å². The van der Waals surface area contributed by atoms with E-state index in [1.165, 1.54) is 0 Å². The van der Waals surface area contributed by atoms with Crippen molar-refractivity contribution in [1.82, 2.24) is 0 Å². The van der Waals surface area contributed by atoms with Crippen LogP contribution >= 0.6 is 39.1 Å². The predicted molar refractivity (Wildman–Crippen MR) is 64.6 cm³/mol. The van der Waals surface area contributed by atoms with Crippen molar-refractivity contribution in [3.05, 3.63) is 27.7 Å². The van der Waals surface area contributed by atoms with Crippen molar-refractivity contribution in [3.8, 4) is 5.75 Å². The zero-order valence-electron chi connectivity index (χ0n) is 7.60. The van der Waals surface area contributed by atoms with Gasteiger partial charge in [-0.1, -0.05) is 27.5 Å². The van der Waals surface area contributed by atoms with Gasteiger partial charge in [0.15, 0.2) is 0 Å². The lowest BCUT2D eigenvalue weighted by Gasteiger charge is -2.07. The normalized spacial score (nSPS) is 10.2. The Kier molecular flexibility index (Phi) is 5.68. The van der Waals surface area contributed by atoms with Gasteiger partial charge < -0.3 is 4.74 Å². The summed E-state index contributed by atoms with van der Waals surface area (Å²) in [6, 6.07) is 5.56. The van der Waals surface area contributed by atoms with E-state index in [4.69, 9.17) is 27.9 Å². The van der Waals surface area contributed by atoms with Crippen LogP contribution in [0.5, 0.6) is 5.75 Å². The molecule has 0 saturated heterocycles. The monoisotopic (exact) mass is 296 g/mol. The van der Waals surface area contributed by atoms with Crippen LogP contribution in [0.15, 0.2) is 22.7 Å². The number of hydrogen-bond acceptors (Lipinski definition) is 1. The maximum Gasteiger partial charge on any atom is 0.139 e. The maximum atomic E-state index is 5.94. The zero-order chi connectivity index (χ0) is 10.4. The molecule has 0 bridgehead atoms. The first-order valence-electron chi connectivity index (χ1n) is 4.38. The zero-order valence-corrected chi connectivity index (χ0v) is 10.7. The summed E-state index contributed by atoms with van der Waals surface area (Å²) in [5.74, 6) is 1.39. The minimum Gasteiger partial charge on any atom is -0.492 e. The molecule has 0 unspecified atom stereocenters. The molecule has 0 aliphatic carbocycles. The van der Waals surface area contributed by atoms with Crippen molar-refractivity contribution in [3.63, 3.8) is 0 Å². The highest BCUT2D eigenvalue weighted by atomic mass is 79.9. The molecule has 0 saturated carbocycles. The lowest BCUT2D eigenvalue weighted by atomic mass is 10.3. The van der Waals surface area contributed by atoms with Crippen LogP contribution in [0.4, 0.5) is 0 Å². The van der Waals surface area contributed by atoms with Crippen LogP contribution in [0.25, 0.3) is 0 Å². The molecule has 0 spiro atoms. The second-order valence-corrected chi connectivity index (χ2v) is 4.52. The van der Waals surface area contributed by atoms with Crippen molar-refractivity contribution >= 4 is 39.1 Å². The summed E-state index contributed by atoms with van der Waals surface area (Å²) in [4.78, 5) is 0. The first-order valence-corrected chi connectivity index (χ1v) is 6.08. The number of ether oxygens (including phenoxy) is 1. The maximum absolute atomic E-state index is 5.94. The summed E-state index contributed by atoms with van der Waals surface area (Å²) in [5.41, 5.74) is 0. The molecule has 1 nitrogen and oxygen atoms in total. The summed E-state index contributed by atoms with van der Waals surface area (Å²) in [5, 5.41) is 0.638. The van der Waals surface area contributed by atoms with E-state index in [2.05, 4.69) is 15.9 Å². The van der Waals surface area contributed by atoms with Crippen LogP contribution in [0.2, 0.25) is 5.02 Å². The number of halogens is 3. The van der Waals surface area contributed by atoms with E-state index in [-0.39, 0.29) is 0 Å². The highest BCUT2D eigenvalue weighted by molar-refractivity contribution is 9.10. The van der Waals surface area contributed by atoms with Crippen LogP contribution in [0, 0.1) is 0 Å². The molecule has 0 N–H and O–H groups in total. The average Bonchev–Trinajstić information content (AvgIpc) is 2.18. The topological polar surface area (TPSA) is 9.23 Å². The van der Waals surface area contributed by atoms with Crippen molar-refractivity contribution in [2.75, 3.05) is 12.5 Å². The van der Waals surface area contributed by atoms with Crippen LogP contribution < -0.4 is 4.74 Å². The Morgan fingerprint density at radius 3 is 2.79 bits per heavy atom. The largest absolute Gasteiger partial charge is 0.492 e. The fourth-order valence-corrected chi connectivity index (χ4v) is 1.67. The van der Waals surface area contributed by atoms with Gasteiger partial charge in [0, 0.05) is 10.4 Å². The molecule has 0 aliphatic heterocycles. The second-order valence-electron chi connectivity index (χ2n) is 2.82. The number of unbranched alkanes of at least 4 members (excludes halogenated alkanes) is 1. The molecule has 78 valence electrons. The Hall–Kier alpha value is 0.0800. The van der Waals surface area contributed by atoms with E-state index < -0.39 is 0 Å². The van der Waals surface area contributed by atoms with E-state index in [1.807, 2.05) is 18.2 Å². The Labute approximate surface area is 102 Å². The first kappa shape index (κ1) is 12.2. The number of alkyl halides is 1. The molecule has 0 aromatic heterocycles. The lowest BCUT2D eigenvalue weighted by Crippen LogP contribution is -1.98. The highest BCUT2D eigenvalue weighted by Gasteiger charge is 2.01. The van der Waals surface area contributed by atoms with Gasteiger partial charge in [-0.3, -0.25) is 0 Å². The molecule has 1 aromatic rings. The quantitative estimate of drug-likeness (QED) is 0.574. The van der Waals surface area contributed by atoms with Crippen LogP contribution in [0.3, 0.4) is 0 Å². The Morgan fingerprint density at radius 1 is 1.29 bits per heavy atom. The van der Waals surface area contributed by atoms with Gasteiger partial charge in [-0.25, -0.2) is 0 Å². The molecular formula is C10H11BrCl2O. The number of benzene rings is 1. The Morgan fingerprint density at radius 2 is 2.07 bits per heavy atom. The van der Waals surface area contributed by atoms with Crippen molar-refractivity contribution in [2.24, 2.45) is 0 Å². The second kappa shape index (κ2) is 6.54. The smallest absolute Gasteiger partial charge is 0.139 e. The molecule has 14 heavy (non-hydrogen) atoms. The van der Waals surface area contributed by atoms with Crippen LogP contribution in [0.1, 0.15) is 12.8 Å². The third-order valence-corrected chi connectivity index (χ3v) is 2.75. The van der Waals surface area contributed by atoms with Crippen molar-refractivity contribution in [1.29, 1.82) is 0 Å². The van der Waals surface area contributed by atoms with Gasteiger partial charge in [0.1, 0.15) is 5.75 Å². The Bertz CT molecular complexity index is 291. The summed E-state index contributed by atoms with van der Waals surface area (Å²) in [6.45, 7) is 0.656. The SMILES string of the molecule is ClCCCCOc1cc(Br)ccc1Cl. The molecule has 0 amide bonds. The Balaban J connectivity index is 2.45. The van der Waals surface area contributed by atoms with Crippen LogP contribution in [-0.2, 0) is 0 Å². The van der Waals surface area contributed by atoms with Crippen LogP contribution in [-0.4, -0.2) is 12.5 Å². The number of hydrogen-bond donors (Lipinski definition) is 0. The van der Waals surface area contributed by atoms with E-state index >= 15 is 0 Å². The van der Waals surface area contributed by atoms with Gasteiger partial charge in [0.2, 0.25) is 0 Å². The molecule has 1 aromatic carbocycles. The van der Waals surface area contributed by atoms with Gasteiger partial charge in [-0.2, -0.15) is 0 Å². The molecule has 0 aliphatic rings. The first-order chi connectivity index (χ1) is 6.74. The molecule has 4 heteroatoms. The van der Waals surface area contributed by atoms with Gasteiger partial charge in [-0.15, -0.1) is 11.6 Å². The van der Waals surface area contributed by atoms with Crippen molar-refractivity contribution < 1.29 is 4.74 Å². The van der Waals surface area contributed by atoms with Crippen molar-refractivity contribution in [2.45, 2.75) is 12.8 Å². The fourth-order valence-electron chi connectivity index (χ4n) is 0.966.